The maximum absolute atomic E-state index is 6.20. The summed E-state index contributed by atoms with van der Waals surface area (Å²) in [6.45, 7) is 3.18. The Morgan fingerprint density at radius 2 is 2.19 bits per heavy atom. The van der Waals surface area contributed by atoms with E-state index in [1.165, 1.54) is 30.4 Å². The molecular formula is C14H20ClN. The molecule has 1 aliphatic rings. The Bertz CT molecular complexity index is 362. The summed E-state index contributed by atoms with van der Waals surface area (Å²) in [7, 11) is 2.04. The summed E-state index contributed by atoms with van der Waals surface area (Å²) < 4.78 is 0. The van der Waals surface area contributed by atoms with Crippen LogP contribution in [0.25, 0.3) is 0 Å². The SMILES string of the molecule is CNCC1CCCC1c1ccc(C)c(Cl)c1. The van der Waals surface area contributed by atoms with Crippen LogP contribution in [0.4, 0.5) is 0 Å². The molecule has 1 fully saturated rings. The Kier molecular flexibility index (Phi) is 3.88. The molecule has 1 aliphatic carbocycles. The van der Waals surface area contributed by atoms with E-state index in [-0.39, 0.29) is 0 Å². The monoisotopic (exact) mass is 237 g/mol. The zero-order valence-electron chi connectivity index (χ0n) is 10.1. The van der Waals surface area contributed by atoms with Gasteiger partial charge in [0.25, 0.3) is 0 Å². The maximum atomic E-state index is 6.20. The molecule has 0 saturated heterocycles. The average Bonchev–Trinajstić information content (AvgIpc) is 2.71. The maximum Gasteiger partial charge on any atom is 0.0438 e. The van der Waals surface area contributed by atoms with Crippen LogP contribution < -0.4 is 5.32 Å². The Hall–Kier alpha value is -0.530. The van der Waals surface area contributed by atoms with Crippen molar-refractivity contribution in [3.05, 3.63) is 34.3 Å². The van der Waals surface area contributed by atoms with Gasteiger partial charge >= 0.3 is 0 Å². The summed E-state index contributed by atoms with van der Waals surface area (Å²) in [5.41, 5.74) is 2.60. The molecular weight excluding hydrogens is 218 g/mol. The van der Waals surface area contributed by atoms with Crippen LogP contribution in [0.2, 0.25) is 5.02 Å². The zero-order valence-corrected chi connectivity index (χ0v) is 10.8. The van der Waals surface area contributed by atoms with Crippen molar-refractivity contribution >= 4 is 11.6 Å². The quantitative estimate of drug-likeness (QED) is 0.844. The van der Waals surface area contributed by atoms with E-state index in [1.54, 1.807) is 0 Å². The lowest BCUT2D eigenvalue weighted by molar-refractivity contribution is 0.462. The molecule has 0 aliphatic heterocycles. The first-order valence-electron chi connectivity index (χ1n) is 6.13. The van der Waals surface area contributed by atoms with Gasteiger partial charge in [-0.15, -0.1) is 0 Å². The molecule has 88 valence electrons. The van der Waals surface area contributed by atoms with E-state index in [4.69, 9.17) is 11.6 Å². The van der Waals surface area contributed by atoms with Gasteiger partial charge in [0.2, 0.25) is 0 Å². The minimum atomic E-state index is 0.700. The minimum absolute atomic E-state index is 0.700. The van der Waals surface area contributed by atoms with Crippen molar-refractivity contribution < 1.29 is 0 Å². The third-order valence-corrected chi connectivity index (χ3v) is 4.16. The summed E-state index contributed by atoms with van der Waals surface area (Å²) in [5, 5.41) is 4.21. The van der Waals surface area contributed by atoms with Gasteiger partial charge in [-0.25, -0.2) is 0 Å². The average molecular weight is 238 g/mol. The van der Waals surface area contributed by atoms with E-state index in [0.717, 1.165) is 17.5 Å². The Labute approximate surface area is 103 Å². The Morgan fingerprint density at radius 1 is 1.38 bits per heavy atom. The van der Waals surface area contributed by atoms with Gasteiger partial charge in [-0.3, -0.25) is 0 Å². The van der Waals surface area contributed by atoms with Crippen LogP contribution in [-0.4, -0.2) is 13.6 Å². The van der Waals surface area contributed by atoms with Crippen LogP contribution in [0.15, 0.2) is 18.2 Å². The molecule has 2 unspecified atom stereocenters. The minimum Gasteiger partial charge on any atom is -0.319 e. The number of aryl methyl sites for hydroxylation is 1. The van der Waals surface area contributed by atoms with Gasteiger partial charge in [0.15, 0.2) is 0 Å². The lowest BCUT2D eigenvalue weighted by atomic mass is 9.88. The molecule has 0 aromatic heterocycles. The molecule has 1 aromatic carbocycles. The molecule has 1 saturated carbocycles. The van der Waals surface area contributed by atoms with Crippen molar-refractivity contribution in [1.29, 1.82) is 0 Å². The van der Waals surface area contributed by atoms with Crippen LogP contribution >= 0.6 is 11.6 Å². The van der Waals surface area contributed by atoms with Crippen molar-refractivity contribution in [1.82, 2.24) is 5.32 Å². The molecule has 0 heterocycles. The lowest BCUT2D eigenvalue weighted by Gasteiger charge is -2.20. The number of hydrogen-bond acceptors (Lipinski definition) is 1. The molecule has 2 rings (SSSR count). The molecule has 0 spiro atoms. The highest BCUT2D eigenvalue weighted by Crippen LogP contribution is 2.40. The van der Waals surface area contributed by atoms with Gasteiger partial charge in [-0.1, -0.05) is 30.2 Å². The van der Waals surface area contributed by atoms with E-state index < -0.39 is 0 Å². The summed E-state index contributed by atoms with van der Waals surface area (Å²) in [5.74, 6) is 1.48. The van der Waals surface area contributed by atoms with Crippen LogP contribution in [0.5, 0.6) is 0 Å². The molecule has 0 radical (unpaired) electrons. The van der Waals surface area contributed by atoms with E-state index in [1.807, 2.05) is 7.05 Å². The second-order valence-electron chi connectivity index (χ2n) is 4.86. The first-order chi connectivity index (χ1) is 7.72. The fraction of sp³-hybridized carbons (Fsp3) is 0.571. The zero-order chi connectivity index (χ0) is 11.5. The van der Waals surface area contributed by atoms with Crippen molar-refractivity contribution in [2.24, 2.45) is 5.92 Å². The third kappa shape index (κ3) is 2.41. The number of benzene rings is 1. The Morgan fingerprint density at radius 3 is 2.88 bits per heavy atom. The molecule has 1 aromatic rings. The third-order valence-electron chi connectivity index (χ3n) is 3.75. The second-order valence-corrected chi connectivity index (χ2v) is 5.27. The molecule has 2 atom stereocenters. The first-order valence-corrected chi connectivity index (χ1v) is 6.51. The summed E-state index contributed by atoms with van der Waals surface area (Å²) in [4.78, 5) is 0. The van der Waals surface area contributed by atoms with Gasteiger partial charge in [0.1, 0.15) is 0 Å². The van der Waals surface area contributed by atoms with Crippen LogP contribution in [0.3, 0.4) is 0 Å². The van der Waals surface area contributed by atoms with E-state index in [2.05, 4.69) is 30.4 Å². The standard InChI is InChI=1S/C14H20ClN/c1-10-6-7-11(8-14(10)15)13-5-3-4-12(13)9-16-2/h6-8,12-13,16H,3-5,9H2,1-2H3. The van der Waals surface area contributed by atoms with E-state index >= 15 is 0 Å². The van der Waals surface area contributed by atoms with Crippen molar-refractivity contribution in [2.75, 3.05) is 13.6 Å². The highest BCUT2D eigenvalue weighted by molar-refractivity contribution is 6.31. The number of halogens is 1. The number of hydrogen-bond donors (Lipinski definition) is 1. The number of rotatable bonds is 3. The van der Waals surface area contributed by atoms with Crippen LogP contribution in [0, 0.1) is 12.8 Å². The molecule has 1 nitrogen and oxygen atoms in total. The van der Waals surface area contributed by atoms with Gasteiger partial charge in [-0.2, -0.15) is 0 Å². The normalized spacial score (nSPS) is 24.9. The van der Waals surface area contributed by atoms with E-state index in [0.29, 0.717) is 5.92 Å². The first kappa shape index (κ1) is 11.9. The molecule has 0 amide bonds. The highest BCUT2D eigenvalue weighted by Gasteiger charge is 2.27. The fourth-order valence-electron chi connectivity index (χ4n) is 2.82. The lowest BCUT2D eigenvalue weighted by Crippen LogP contribution is -2.20. The topological polar surface area (TPSA) is 12.0 Å². The summed E-state index contributed by atoms with van der Waals surface area (Å²) in [6, 6.07) is 6.56. The predicted molar refractivity (Wildman–Crippen MR) is 70.2 cm³/mol. The molecule has 2 heteroatoms. The Balaban J connectivity index is 2.19. The largest absolute Gasteiger partial charge is 0.319 e. The van der Waals surface area contributed by atoms with Crippen molar-refractivity contribution in [3.63, 3.8) is 0 Å². The summed E-state index contributed by atoms with van der Waals surface area (Å²) >= 11 is 6.20. The van der Waals surface area contributed by atoms with Crippen LogP contribution in [0.1, 0.15) is 36.3 Å². The molecule has 0 bridgehead atoms. The smallest absolute Gasteiger partial charge is 0.0438 e. The second kappa shape index (κ2) is 5.20. The highest BCUT2D eigenvalue weighted by atomic mass is 35.5. The van der Waals surface area contributed by atoms with Crippen molar-refractivity contribution in [3.8, 4) is 0 Å². The summed E-state index contributed by atoms with van der Waals surface area (Å²) in [6.07, 6.45) is 4.01. The predicted octanol–water partition coefficient (Wildman–Crippen LogP) is 3.75. The van der Waals surface area contributed by atoms with E-state index in [9.17, 15) is 0 Å². The fourth-order valence-corrected chi connectivity index (χ4v) is 3.01. The number of nitrogens with one attached hydrogen (secondary N) is 1. The van der Waals surface area contributed by atoms with Crippen molar-refractivity contribution in [2.45, 2.75) is 32.1 Å². The van der Waals surface area contributed by atoms with Crippen LogP contribution in [-0.2, 0) is 0 Å². The van der Waals surface area contributed by atoms with Gasteiger partial charge in [0.05, 0.1) is 0 Å². The van der Waals surface area contributed by atoms with Gasteiger partial charge < -0.3 is 5.32 Å². The van der Waals surface area contributed by atoms with Gasteiger partial charge in [0, 0.05) is 5.02 Å². The molecule has 16 heavy (non-hydrogen) atoms. The molecule has 1 N–H and O–H groups in total. The van der Waals surface area contributed by atoms with Gasteiger partial charge in [-0.05, 0) is 62.4 Å².